The second-order valence-electron chi connectivity index (χ2n) is 4.98. The molecule has 1 aromatic rings. The van der Waals surface area contributed by atoms with Crippen LogP contribution in [0.25, 0.3) is 0 Å². The number of sulfonamides is 1. The maximum Gasteiger partial charge on any atom is 0.230 e. The van der Waals surface area contributed by atoms with Crippen LogP contribution in [-0.2, 0) is 14.8 Å². The standard InChI is InChI=1S/C15H24N2O4S2/c1-4-21-13-6-8-14(9-7-13)22-12-15(18)16-10-5-11-17(2)23(3,19)20/h6-9H,4-5,10-12H2,1-3H3,(H,16,18). The fraction of sp³-hybridized carbons (Fsp3) is 0.533. The molecule has 0 saturated carbocycles. The zero-order chi connectivity index (χ0) is 17.3. The Bertz CT molecular complexity index is 588. The van der Waals surface area contributed by atoms with E-state index < -0.39 is 10.0 Å². The first-order chi connectivity index (χ1) is 10.8. The SMILES string of the molecule is CCOc1ccc(SCC(=O)NCCCN(C)S(C)(=O)=O)cc1. The monoisotopic (exact) mass is 360 g/mol. The topological polar surface area (TPSA) is 75.7 Å². The molecule has 1 amide bonds. The summed E-state index contributed by atoms with van der Waals surface area (Å²) in [6, 6.07) is 7.60. The molecule has 0 aliphatic heterocycles. The van der Waals surface area contributed by atoms with Gasteiger partial charge in [0.1, 0.15) is 5.75 Å². The van der Waals surface area contributed by atoms with Gasteiger partial charge in [-0.25, -0.2) is 12.7 Å². The minimum absolute atomic E-state index is 0.0640. The van der Waals surface area contributed by atoms with Crippen molar-refractivity contribution in [3.63, 3.8) is 0 Å². The Hall–Kier alpha value is -1.25. The highest BCUT2D eigenvalue weighted by atomic mass is 32.2. The minimum Gasteiger partial charge on any atom is -0.494 e. The van der Waals surface area contributed by atoms with Gasteiger partial charge in [-0.3, -0.25) is 4.79 Å². The van der Waals surface area contributed by atoms with Crippen molar-refractivity contribution in [3.05, 3.63) is 24.3 Å². The van der Waals surface area contributed by atoms with Crippen molar-refractivity contribution in [2.75, 3.05) is 38.8 Å². The molecule has 8 heteroatoms. The molecule has 0 spiro atoms. The third-order valence-electron chi connectivity index (χ3n) is 3.04. The van der Waals surface area contributed by atoms with Crippen molar-refractivity contribution < 1.29 is 17.9 Å². The Morgan fingerprint density at radius 2 is 1.96 bits per heavy atom. The number of rotatable bonds is 10. The van der Waals surface area contributed by atoms with Gasteiger partial charge >= 0.3 is 0 Å². The number of ether oxygens (including phenoxy) is 1. The summed E-state index contributed by atoms with van der Waals surface area (Å²) in [6.45, 7) is 3.41. The number of benzene rings is 1. The average Bonchev–Trinajstić information content (AvgIpc) is 2.50. The molecule has 0 bridgehead atoms. The molecule has 1 N–H and O–H groups in total. The molecule has 0 aromatic heterocycles. The summed E-state index contributed by atoms with van der Waals surface area (Å²) < 4.78 is 29.1. The van der Waals surface area contributed by atoms with Gasteiger partial charge in [0.25, 0.3) is 0 Å². The second kappa shape index (κ2) is 9.79. The number of carbonyl (C=O) groups is 1. The van der Waals surface area contributed by atoms with Gasteiger partial charge in [-0.2, -0.15) is 0 Å². The Labute approximate surface area is 142 Å². The zero-order valence-electron chi connectivity index (χ0n) is 13.7. The maximum absolute atomic E-state index is 11.7. The number of amides is 1. The quantitative estimate of drug-likeness (QED) is 0.506. The first-order valence-electron chi connectivity index (χ1n) is 7.36. The summed E-state index contributed by atoms with van der Waals surface area (Å²) in [5.41, 5.74) is 0. The number of hydrogen-bond acceptors (Lipinski definition) is 5. The van der Waals surface area contributed by atoms with Gasteiger partial charge < -0.3 is 10.1 Å². The van der Waals surface area contributed by atoms with Crippen LogP contribution < -0.4 is 10.1 Å². The van der Waals surface area contributed by atoms with E-state index in [1.807, 2.05) is 31.2 Å². The van der Waals surface area contributed by atoms with Crippen molar-refractivity contribution >= 4 is 27.7 Å². The lowest BCUT2D eigenvalue weighted by Gasteiger charge is -2.13. The Balaban J connectivity index is 2.21. The van der Waals surface area contributed by atoms with E-state index in [4.69, 9.17) is 4.74 Å². The first kappa shape index (κ1) is 19.8. The molecular weight excluding hydrogens is 336 g/mol. The lowest BCUT2D eigenvalue weighted by molar-refractivity contribution is -0.118. The molecule has 0 radical (unpaired) electrons. The smallest absolute Gasteiger partial charge is 0.230 e. The first-order valence-corrected chi connectivity index (χ1v) is 10.2. The fourth-order valence-corrected chi connectivity index (χ4v) is 2.88. The van der Waals surface area contributed by atoms with E-state index in [-0.39, 0.29) is 5.91 Å². The van der Waals surface area contributed by atoms with Gasteiger partial charge in [-0.05, 0) is 37.6 Å². The number of nitrogens with one attached hydrogen (secondary N) is 1. The van der Waals surface area contributed by atoms with Crippen LogP contribution in [0.1, 0.15) is 13.3 Å². The van der Waals surface area contributed by atoms with Crippen LogP contribution in [0, 0.1) is 0 Å². The fourth-order valence-electron chi connectivity index (χ4n) is 1.69. The molecule has 130 valence electrons. The maximum atomic E-state index is 11.7. The predicted octanol–water partition coefficient (Wildman–Crippen LogP) is 1.58. The molecule has 0 heterocycles. The summed E-state index contributed by atoms with van der Waals surface area (Å²) in [5, 5.41) is 2.79. The number of nitrogens with zero attached hydrogens (tertiary/aromatic N) is 1. The molecule has 6 nitrogen and oxygen atoms in total. The Morgan fingerprint density at radius 3 is 2.52 bits per heavy atom. The zero-order valence-corrected chi connectivity index (χ0v) is 15.4. The third-order valence-corrected chi connectivity index (χ3v) is 5.37. The number of carbonyl (C=O) groups excluding carboxylic acids is 1. The van der Waals surface area contributed by atoms with Crippen molar-refractivity contribution in [2.24, 2.45) is 0 Å². The Kier molecular flexibility index (Phi) is 8.43. The van der Waals surface area contributed by atoms with Crippen molar-refractivity contribution in [2.45, 2.75) is 18.2 Å². The van der Waals surface area contributed by atoms with Gasteiger partial charge in [0.2, 0.25) is 15.9 Å². The van der Waals surface area contributed by atoms with Gasteiger partial charge in [-0.15, -0.1) is 11.8 Å². The third kappa shape index (κ3) is 8.24. The van der Waals surface area contributed by atoms with Crippen molar-refractivity contribution in [1.29, 1.82) is 0 Å². The van der Waals surface area contributed by atoms with E-state index in [0.717, 1.165) is 10.6 Å². The molecule has 0 aliphatic carbocycles. The molecule has 0 unspecified atom stereocenters. The van der Waals surface area contributed by atoms with Gasteiger partial charge in [0.05, 0.1) is 18.6 Å². The van der Waals surface area contributed by atoms with Crippen LogP contribution in [0.15, 0.2) is 29.2 Å². The largest absolute Gasteiger partial charge is 0.494 e. The van der Waals surface area contributed by atoms with Gasteiger partial charge in [-0.1, -0.05) is 0 Å². The lowest BCUT2D eigenvalue weighted by Crippen LogP contribution is -2.31. The number of thioether (sulfide) groups is 1. The summed E-state index contributed by atoms with van der Waals surface area (Å²) >= 11 is 1.45. The van der Waals surface area contributed by atoms with E-state index in [1.54, 1.807) is 0 Å². The van der Waals surface area contributed by atoms with Crippen LogP contribution in [0.2, 0.25) is 0 Å². The van der Waals surface area contributed by atoms with E-state index in [2.05, 4.69) is 5.32 Å². The molecule has 1 rings (SSSR count). The second-order valence-corrected chi connectivity index (χ2v) is 8.12. The van der Waals surface area contributed by atoms with Gasteiger partial charge in [0.15, 0.2) is 0 Å². The van der Waals surface area contributed by atoms with Crippen LogP contribution >= 0.6 is 11.8 Å². The van der Waals surface area contributed by atoms with E-state index in [9.17, 15) is 13.2 Å². The molecule has 0 saturated heterocycles. The van der Waals surface area contributed by atoms with E-state index in [0.29, 0.717) is 31.9 Å². The van der Waals surface area contributed by atoms with Crippen molar-refractivity contribution in [1.82, 2.24) is 9.62 Å². The van der Waals surface area contributed by atoms with Crippen LogP contribution in [0.3, 0.4) is 0 Å². The predicted molar refractivity (Wildman–Crippen MR) is 93.4 cm³/mol. The van der Waals surface area contributed by atoms with Crippen molar-refractivity contribution in [3.8, 4) is 5.75 Å². The highest BCUT2D eigenvalue weighted by Crippen LogP contribution is 2.21. The minimum atomic E-state index is -3.15. The lowest BCUT2D eigenvalue weighted by atomic mass is 10.3. The summed E-state index contributed by atoms with van der Waals surface area (Å²) in [7, 11) is -1.62. The van der Waals surface area contributed by atoms with Crippen LogP contribution in [0.4, 0.5) is 0 Å². The number of hydrogen-bond donors (Lipinski definition) is 1. The van der Waals surface area contributed by atoms with Crippen LogP contribution in [0.5, 0.6) is 5.75 Å². The molecule has 0 fully saturated rings. The summed E-state index contributed by atoms with van der Waals surface area (Å²) in [4.78, 5) is 12.7. The Morgan fingerprint density at radius 1 is 1.30 bits per heavy atom. The highest BCUT2D eigenvalue weighted by molar-refractivity contribution is 8.00. The summed E-state index contributed by atoms with van der Waals surface area (Å²) in [5.74, 6) is 1.08. The van der Waals surface area contributed by atoms with E-state index in [1.165, 1.54) is 29.4 Å². The molecule has 23 heavy (non-hydrogen) atoms. The van der Waals surface area contributed by atoms with Crippen LogP contribution in [-0.4, -0.2) is 57.4 Å². The molecule has 1 aromatic carbocycles. The normalized spacial score (nSPS) is 11.5. The molecular formula is C15H24N2O4S2. The average molecular weight is 361 g/mol. The molecule has 0 aliphatic rings. The van der Waals surface area contributed by atoms with E-state index >= 15 is 0 Å². The highest BCUT2D eigenvalue weighted by Gasteiger charge is 2.10. The molecule has 0 atom stereocenters. The summed E-state index contributed by atoms with van der Waals surface area (Å²) in [6.07, 6.45) is 1.75. The van der Waals surface area contributed by atoms with Gasteiger partial charge in [0, 0.05) is 25.0 Å².